The quantitative estimate of drug-likeness (QED) is 0.693. The molecule has 102 valence electrons. The van der Waals surface area contributed by atoms with Crippen LogP contribution in [0.5, 0.6) is 0 Å². The van der Waals surface area contributed by atoms with Crippen molar-refractivity contribution in [2.24, 2.45) is 0 Å². The molecule has 3 fully saturated rings. The van der Waals surface area contributed by atoms with Crippen LogP contribution in [0.3, 0.4) is 0 Å². The zero-order valence-electron chi connectivity index (χ0n) is 11.5. The van der Waals surface area contributed by atoms with Gasteiger partial charge in [-0.25, -0.2) is 0 Å². The lowest BCUT2D eigenvalue weighted by Gasteiger charge is -2.53. The summed E-state index contributed by atoms with van der Waals surface area (Å²) in [5.41, 5.74) is 0. The number of carbonyl (C=O) groups excluding carboxylic acids is 1. The largest absolute Gasteiger partial charge is 0.468 e. The Morgan fingerprint density at radius 2 is 1.78 bits per heavy atom. The Morgan fingerprint density at radius 1 is 1.11 bits per heavy atom. The van der Waals surface area contributed by atoms with E-state index in [4.69, 9.17) is 4.74 Å². The topological polar surface area (TPSA) is 32.8 Å². The highest BCUT2D eigenvalue weighted by Crippen LogP contribution is 2.37. The van der Waals surface area contributed by atoms with Crippen LogP contribution in [0.25, 0.3) is 0 Å². The third-order valence-corrected chi connectivity index (χ3v) is 5.32. The predicted molar refractivity (Wildman–Crippen MR) is 69.3 cm³/mol. The maximum absolute atomic E-state index is 11.7. The molecule has 2 bridgehead atoms. The molecule has 3 aliphatic heterocycles. The van der Waals surface area contributed by atoms with Crippen LogP contribution in [-0.2, 0) is 9.53 Å². The zero-order chi connectivity index (χ0) is 12.7. The lowest BCUT2D eigenvalue weighted by molar-refractivity contribution is -0.156. The first-order valence-corrected chi connectivity index (χ1v) is 7.26. The molecule has 3 atom stereocenters. The Morgan fingerprint density at radius 3 is 2.28 bits per heavy atom. The summed E-state index contributed by atoms with van der Waals surface area (Å²) in [5.74, 6) is -0.0367. The van der Waals surface area contributed by atoms with Gasteiger partial charge in [-0.1, -0.05) is 6.42 Å². The van der Waals surface area contributed by atoms with Gasteiger partial charge in [0.05, 0.1) is 7.11 Å². The van der Waals surface area contributed by atoms with Crippen molar-refractivity contribution in [3.05, 3.63) is 0 Å². The highest BCUT2D eigenvalue weighted by molar-refractivity contribution is 5.76. The SMILES string of the molecule is COC(=O)C1CCN1C1CC2CCCC(C1)N2C. The number of ether oxygens (including phenoxy) is 1. The van der Waals surface area contributed by atoms with E-state index in [9.17, 15) is 4.79 Å². The van der Waals surface area contributed by atoms with Gasteiger partial charge in [-0.15, -0.1) is 0 Å². The summed E-state index contributed by atoms with van der Waals surface area (Å²) >= 11 is 0. The maximum Gasteiger partial charge on any atom is 0.323 e. The smallest absolute Gasteiger partial charge is 0.323 e. The molecule has 3 saturated heterocycles. The number of rotatable bonds is 2. The molecule has 18 heavy (non-hydrogen) atoms. The number of esters is 1. The number of carbonyl (C=O) groups is 1. The van der Waals surface area contributed by atoms with Crippen LogP contribution in [0.15, 0.2) is 0 Å². The van der Waals surface area contributed by atoms with E-state index in [0.717, 1.165) is 25.0 Å². The van der Waals surface area contributed by atoms with Crippen LogP contribution >= 0.6 is 0 Å². The summed E-state index contributed by atoms with van der Waals surface area (Å²) in [5, 5.41) is 0. The van der Waals surface area contributed by atoms with Crippen molar-refractivity contribution in [2.75, 3.05) is 20.7 Å². The molecule has 0 aromatic rings. The first kappa shape index (κ1) is 12.4. The fourth-order valence-electron chi connectivity index (χ4n) is 4.09. The molecule has 3 aliphatic rings. The number of methoxy groups -OCH3 is 1. The summed E-state index contributed by atoms with van der Waals surface area (Å²) in [6.07, 6.45) is 7.50. The summed E-state index contributed by atoms with van der Waals surface area (Å²) in [7, 11) is 3.78. The van der Waals surface area contributed by atoms with Crippen LogP contribution in [0.2, 0.25) is 0 Å². The molecule has 0 aromatic heterocycles. The minimum absolute atomic E-state index is 0.0367. The third kappa shape index (κ3) is 1.95. The van der Waals surface area contributed by atoms with E-state index in [1.165, 1.54) is 39.2 Å². The molecule has 0 N–H and O–H groups in total. The van der Waals surface area contributed by atoms with Crippen molar-refractivity contribution in [1.82, 2.24) is 9.80 Å². The Kier molecular flexibility index (Phi) is 3.32. The molecule has 4 heteroatoms. The number of hydrogen-bond donors (Lipinski definition) is 0. The molecule has 0 radical (unpaired) electrons. The van der Waals surface area contributed by atoms with Crippen LogP contribution in [0.4, 0.5) is 0 Å². The van der Waals surface area contributed by atoms with Gasteiger partial charge < -0.3 is 9.64 Å². The van der Waals surface area contributed by atoms with Crippen molar-refractivity contribution in [1.29, 1.82) is 0 Å². The lowest BCUT2D eigenvalue weighted by Crippen LogP contribution is -2.62. The summed E-state index contributed by atoms with van der Waals surface area (Å²) in [6, 6.07) is 2.13. The van der Waals surface area contributed by atoms with Crippen molar-refractivity contribution >= 4 is 5.97 Å². The molecule has 3 heterocycles. The standard InChI is InChI=1S/C14H24N2O2/c1-15-10-4-3-5-11(15)9-12(8-10)16-7-6-13(16)14(17)18-2/h10-13H,3-9H2,1-2H3. The van der Waals surface area contributed by atoms with Crippen LogP contribution in [-0.4, -0.2) is 60.6 Å². The molecule has 0 aliphatic carbocycles. The zero-order valence-corrected chi connectivity index (χ0v) is 11.5. The lowest BCUT2D eigenvalue weighted by atomic mass is 9.80. The molecule has 0 saturated carbocycles. The Labute approximate surface area is 109 Å². The van der Waals surface area contributed by atoms with E-state index < -0.39 is 0 Å². The van der Waals surface area contributed by atoms with Gasteiger partial charge in [-0.05, 0) is 39.2 Å². The average molecular weight is 252 g/mol. The van der Waals surface area contributed by atoms with Gasteiger partial charge in [-0.2, -0.15) is 0 Å². The minimum Gasteiger partial charge on any atom is -0.468 e. The molecule has 3 rings (SSSR count). The van der Waals surface area contributed by atoms with Gasteiger partial charge in [0, 0.05) is 24.7 Å². The van der Waals surface area contributed by atoms with Gasteiger partial charge in [-0.3, -0.25) is 9.69 Å². The van der Waals surface area contributed by atoms with Gasteiger partial charge >= 0.3 is 5.97 Å². The van der Waals surface area contributed by atoms with E-state index in [-0.39, 0.29) is 12.0 Å². The van der Waals surface area contributed by atoms with E-state index in [0.29, 0.717) is 6.04 Å². The second-order valence-electron chi connectivity index (χ2n) is 6.09. The minimum atomic E-state index is -0.0367. The van der Waals surface area contributed by atoms with E-state index in [1.807, 2.05) is 0 Å². The normalized spacial score (nSPS) is 41.2. The number of fused-ring (bicyclic) bond motifs is 2. The molecule has 0 spiro atoms. The molecule has 0 aromatic carbocycles. The van der Waals surface area contributed by atoms with Crippen molar-refractivity contribution in [3.63, 3.8) is 0 Å². The van der Waals surface area contributed by atoms with Gasteiger partial charge in [0.2, 0.25) is 0 Å². The summed E-state index contributed by atoms with van der Waals surface area (Å²) in [6.45, 7) is 1.08. The Bertz CT molecular complexity index is 320. The van der Waals surface area contributed by atoms with Crippen molar-refractivity contribution in [2.45, 2.75) is 62.7 Å². The fourth-order valence-corrected chi connectivity index (χ4v) is 4.09. The van der Waals surface area contributed by atoms with E-state index in [1.54, 1.807) is 0 Å². The van der Waals surface area contributed by atoms with Crippen LogP contribution in [0, 0.1) is 0 Å². The summed E-state index contributed by atoms with van der Waals surface area (Å²) < 4.78 is 4.90. The number of hydrogen-bond acceptors (Lipinski definition) is 4. The second-order valence-corrected chi connectivity index (χ2v) is 6.09. The predicted octanol–water partition coefficient (Wildman–Crippen LogP) is 1.25. The van der Waals surface area contributed by atoms with Crippen LogP contribution in [0.1, 0.15) is 38.5 Å². The molecule has 4 nitrogen and oxygen atoms in total. The monoisotopic (exact) mass is 252 g/mol. The molecule has 3 unspecified atom stereocenters. The van der Waals surface area contributed by atoms with E-state index >= 15 is 0 Å². The first-order valence-electron chi connectivity index (χ1n) is 7.26. The number of piperidine rings is 2. The van der Waals surface area contributed by atoms with Crippen LogP contribution < -0.4 is 0 Å². The average Bonchev–Trinajstić information content (AvgIpc) is 2.28. The van der Waals surface area contributed by atoms with Crippen molar-refractivity contribution in [3.8, 4) is 0 Å². The highest BCUT2D eigenvalue weighted by Gasteiger charge is 2.44. The van der Waals surface area contributed by atoms with Gasteiger partial charge in [0.15, 0.2) is 0 Å². The number of nitrogens with zero attached hydrogens (tertiary/aromatic N) is 2. The highest BCUT2D eigenvalue weighted by atomic mass is 16.5. The second kappa shape index (κ2) is 4.82. The van der Waals surface area contributed by atoms with E-state index in [2.05, 4.69) is 16.8 Å². The number of likely N-dealkylation sites (tertiary alicyclic amines) is 1. The molecular formula is C14H24N2O2. The first-order chi connectivity index (χ1) is 8.70. The fraction of sp³-hybridized carbons (Fsp3) is 0.929. The third-order valence-electron chi connectivity index (χ3n) is 5.32. The summed E-state index contributed by atoms with van der Waals surface area (Å²) in [4.78, 5) is 16.7. The maximum atomic E-state index is 11.7. The van der Waals surface area contributed by atoms with Gasteiger partial charge in [0.1, 0.15) is 6.04 Å². The Hall–Kier alpha value is -0.610. The van der Waals surface area contributed by atoms with Gasteiger partial charge in [0.25, 0.3) is 0 Å². The molecule has 0 amide bonds. The molecular weight excluding hydrogens is 228 g/mol. The van der Waals surface area contributed by atoms with Crippen molar-refractivity contribution < 1.29 is 9.53 Å². The Balaban J connectivity index is 1.66.